The topological polar surface area (TPSA) is 72.9 Å². The maximum Gasteiger partial charge on any atom is 0.252 e. The van der Waals surface area contributed by atoms with Crippen molar-refractivity contribution in [1.82, 2.24) is 15.1 Å². The summed E-state index contributed by atoms with van der Waals surface area (Å²) in [5.41, 5.74) is 5.73. The summed E-state index contributed by atoms with van der Waals surface area (Å²) < 4.78 is 15.4. The highest BCUT2D eigenvalue weighted by Gasteiger charge is 2.12. The number of nitrogens with two attached hydrogens (primary N) is 1. The molecule has 0 bridgehead atoms. The number of hydrogen-bond acceptors (Lipinski definition) is 3. The Balaban J connectivity index is 1.87. The molecule has 3 N–H and O–H groups in total. The molecular formula is C13H14BrFN4O. The van der Waals surface area contributed by atoms with E-state index in [2.05, 4.69) is 26.3 Å². The van der Waals surface area contributed by atoms with Gasteiger partial charge >= 0.3 is 0 Å². The zero-order valence-electron chi connectivity index (χ0n) is 10.6. The van der Waals surface area contributed by atoms with Gasteiger partial charge in [-0.15, -0.1) is 0 Å². The van der Waals surface area contributed by atoms with E-state index < -0.39 is 5.82 Å². The van der Waals surface area contributed by atoms with Crippen molar-refractivity contribution in [3.05, 3.63) is 46.4 Å². The fourth-order valence-electron chi connectivity index (χ4n) is 1.71. The Morgan fingerprint density at radius 3 is 3.00 bits per heavy atom. The Kier molecular flexibility index (Phi) is 4.73. The number of carbonyl (C=O) groups excluding carboxylic acids is 1. The van der Waals surface area contributed by atoms with Crippen LogP contribution >= 0.6 is 15.9 Å². The van der Waals surface area contributed by atoms with Crippen LogP contribution in [0.1, 0.15) is 16.8 Å². The van der Waals surface area contributed by atoms with Crippen LogP contribution in [0.2, 0.25) is 0 Å². The first-order chi connectivity index (χ1) is 9.58. The molecule has 0 radical (unpaired) electrons. The molecule has 0 atom stereocenters. The fraction of sp³-hybridized carbons (Fsp3) is 0.231. The van der Waals surface area contributed by atoms with Crippen LogP contribution in [0.3, 0.4) is 0 Å². The third-order valence-electron chi connectivity index (χ3n) is 2.74. The number of amides is 1. The van der Waals surface area contributed by atoms with Gasteiger partial charge in [-0.2, -0.15) is 5.10 Å². The van der Waals surface area contributed by atoms with Crippen molar-refractivity contribution < 1.29 is 9.18 Å². The Morgan fingerprint density at radius 1 is 1.50 bits per heavy atom. The van der Waals surface area contributed by atoms with Crippen LogP contribution in [0.25, 0.3) is 0 Å². The number of halogens is 2. The number of anilines is 1. The summed E-state index contributed by atoms with van der Waals surface area (Å²) in [7, 11) is 0. The van der Waals surface area contributed by atoms with Crippen LogP contribution in [0, 0.1) is 5.82 Å². The van der Waals surface area contributed by atoms with Crippen molar-refractivity contribution in [1.29, 1.82) is 0 Å². The zero-order chi connectivity index (χ0) is 14.5. The monoisotopic (exact) mass is 340 g/mol. The van der Waals surface area contributed by atoms with Gasteiger partial charge in [0.1, 0.15) is 5.82 Å². The number of carbonyl (C=O) groups is 1. The zero-order valence-corrected chi connectivity index (χ0v) is 12.2. The Hall–Kier alpha value is -1.89. The summed E-state index contributed by atoms with van der Waals surface area (Å²) in [6.45, 7) is 1.22. The van der Waals surface area contributed by atoms with Gasteiger partial charge < -0.3 is 11.1 Å². The maximum absolute atomic E-state index is 13.2. The third kappa shape index (κ3) is 3.57. The molecule has 0 unspecified atom stereocenters. The van der Waals surface area contributed by atoms with E-state index >= 15 is 0 Å². The normalized spacial score (nSPS) is 10.5. The van der Waals surface area contributed by atoms with Gasteiger partial charge in [-0.3, -0.25) is 9.48 Å². The standard InChI is InChI=1S/C13H14BrFN4O/c14-10-8-11(15)12(16)7-9(10)13(20)17-3-1-5-19-6-2-4-18-19/h2,4,6-8H,1,3,5,16H2,(H,17,20). The van der Waals surface area contributed by atoms with Crippen LogP contribution in [-0.2, 0) is 6.54 Å². The lowest BCUT2D eigenvalue weighted by molar-refractivity contribution is 0.0952. The van der Waals surface area contributed by atoms with E-state index in [1.807, 2.05) is 12.3 Å². The first kappa shape index (κ1) is 14.5. The number of aromatic nitrogens is 2. The quantitative estimate of drug-likeness (QED) is 0.647. The Bertz CT molecular complexity index is 601. The second-order valence-corrected chi connectivity index (χ2v) is 5.09. The maximum atomic E-state index is 13.2. The molecule has 1 amide bonds. The molecule has 0 fully saturated rings. The predicted octanol–water partition coefficient (Wildman–Crippen LogP) is 2.19. The largest absolute Gasteiger partial charge is 0.396 e. The highest BCUT2D eigenvalue weighted by Crippen LogP contribution is 2.22. The molecule has 5 nitrogen and oxygen atoms in total. The van der Waals surface area contributed by atoms with E-state index in [0.717, 1.165) is 13.0 Å². The minimum Gasteiger partial charge on any atom is -0.396 e. The van der Waals surface area contributed by atoms with Crippen molar-refractivity contribution in [3.8, 4) is 0 Å². The van der Waals surface area contributed by atoms with Crippen molar-refractivity contribution in [2.75, 3.05) is 12.3 Å². The molecule has 1 heterocycles. The van der Waals surface area contributed by atoms with Gasteiger partial charge in [0.25, 0.3) is 5.91 Å². The third-order valence-corrected chi connectivity index (χ3v) is 3.40. The number of nitrogen functional groups attached to an aromatic ring is 1. The van der Waals surface area contributed by atoms with Crippen LogP contribution < -0.4 is 11.1 Å². The summed E-state index contributed by atoms with van der Waals surface area (Å²) >= 11 is 3.15. The van der Waals surface area contributed by atoms with Gasteiger partial charge in [-0.25, -0.2) is 4.39 Å². The molecule has 106 valence electrons. The van der Waals surface area contributed by atoms with Crippen LogP contribution in [-0.4, -0.2) is 22.2 Å². The summed E-state index contributed by atoms with van der Waals surface area (Å²) in [5, 5.41) is 6.83. The van der Waals surface area contributed by atoms with Gasteiger partial charge in [0.2, 0.25) is 0 Å². The van der Waals surface area contributed by atoms with E-state index in [0.29, 0.717) is 16.6 Å². The number of rotatable bonds is 5. The molecule has 2 aromatic rings. The minimum atomic E-state index is -0.549. The average molecular weight is 341 g/mol. The molecule has 0 spiro atoms. The lowest BCUT2D eigenvalue weighted by Gasteiger charge is -2.08. The highest BCUT2D eigenvalue weighted by molar-refractivity contribution is 9.10. The van der Waals surface area contributed by atoms with Gasteiger partial charge in [0.05, 0.1) is 11.3 Å². The van der Waals surface area contributed by atoms with Crippen molar-refractivity contribution in [2.24, 2.45) is 0 Å². The van der Waals surface area contributed by atoms with Gasteiger partial charge in [0.15, 0.2) is 0 Å². The summed E-state index contributed by atoms with van der Waals surface area (Å²) in [5.74, 6) is -0.837. The van der Waals surface area contributed by atoms with E-state index in [4.69, 9.17) is 5.73 Å². The number of nitrogens with one attached hydrogen (secondary N) is 1. The number of hydrogen-bond donors (Lipinski definition) is 2. The molecule has 0 aliphatic heterocycles. The fourth-order valence-corrected chi connectivity index (χ4v) is 2.21. The lowest BCUT2D eigenvalue weighted by Crippen LogP contribution is -2.26. The highest BCUT2D eigenvalue weighted by atomic mass is 79.9. The van der Waals surface area contributed by atoms with Gasteiger partial charge in [-0.05, 0) is 40.5 Å². The first-order valence-electron chi connectivity index (χ1n) is 6.08. The molecule has 0 saturated heterocycles. The van der Waals surface area contributed by atoms with Crippen LogP contribution in [0.5, 0.6) is 0 Å². The summed E-state index contributed by atoms with van der Waals surface area (Å²) in [4.78, 5) is 11.9. The predicted molar refractivity (Wildman–Crippen MR) is 77.7 cm³/mol. The van der Waals surface area contributed by atoms with Crippen molar-refractivity contribution >= 4 is 27.5 Å². The van der Waals surface area contributed by atoms with Crippen LogP contribution in [0.15, 0.2) is 35.1 Å². The molecule has 0 aliphatic carbocycles. The second kappa shape index (κ2) is 6.51. The molecule has 20 heavy (non-hydrogen) atoms. The molecule has 1 aromatic carbocycles. The Labute approximate surface area is 124 Å². The van der Waals surface area contributed by atoms with Crippen molar-refractivity contribution in [3.63, 3.8) is 0 Å². The average Bonchev–Trinajstić information content (AvgIpc) is 2.92. The smallest absolute Gasteiger partial charge is 0.252 e. The lowest BCUT2D eigenvalue weighted by atomic mass is 10.2. The van der Waals surface area contributed by atoms with E-state index in [1.54, 1.807) is 10.9 Å². The second-order valence-electron chi connectivity index (χ2n) is 4.23. The van der Waals surface area contributed by atoms with Gasteiger partial charge in [-0.1, -0.05) is 0 Å². The van der Waals surface area contributed by atoms with Gasteiger partial charge in [0, 0.05) is 30.0 Å². The number of benzene rings is 1. The summed E-state index contributed by atoms with van der Waals surface area (Å²) in [6, 6.07) is 4.35. The van der Waals surface area contributed by atoms with E-state index in [1.165, 1.54) is 12.1 Å². The minimum absolute atomic E-state index is 0.0464. The van der Waals surface area contributed by atoms with E-state index in [-0.39, 0.29) is 11.6 Å². The molecular weight excluding hydrogens is 327 g/mol. The molecule has 2 rings (SSSR count). The molecule has 0 aliphatic rings. The number of aryl methyl sites for hydroxylation is 1. The molecule has 1 aromatic heterocycles. The van der Waals surface area contributed by atoms with Crippen molar-refractivity contribution in [2.45, 2.75) is 13.0 Å². The molecule has 7 heteroatoms. The van der Waals surface area contributed by atoms with Crippen LogP contribution in [0.4, 0.5) is 10.1 Å². The summed E-state index contributed by atoms with van der Waals surface area (Å²) in [6.07, 6.45) is 4.32. The molecule has 0 saturated carbocycles. The van der Waals surface area contributed by atoms with E-state index in [9.17, 15) is 9.18 Å². The SMILES string of the molecule is Nc1cc(C(=O)NCCCn2cccn2)c(Br)cc1F. The Morgan fingerprint density at radius 2 is 2.30 bits per heavy atom. The number of nitrogens with zero attached hydrogens (tertiary/aromatic N) is 2. The first-order valence-corrected chi connectivity index (χ1v) is 6.87.